The Labute approximate surface area is 176 Å². The molecule has 0 bridgehead atoms. The zero-order valence-corrected chi connectivity index (χ0v) is 17.6. The number of rotatable bonds is 4. The molecule has 2 N–H and O–H groups in total. The van der Waals surface area contributed by atoms with Gasteiger partial charge in [-0.15, -0.1) is 0 Å². The van der Waals surface area contributed by atoms with Gasteiger partial charge in [0.1, 0.15) is 6.61 Å². The summed E-state index contributed by atoms with van der Waals surface area (Å²) in [5, 5.41) is 21.4. The van der Waals surface area contributed by atoms with Gasteiger partial charge in [-0.3, -0.25) is 0 Å². The maximum atomic E-state index is 10.5. The van der Waals surface area contributed by atoms with Gasteiger partial charge in [-0.2, -0.15) is 0 Å². The molecule has 30 heavy (non-hydrogen) atoms. The number of ether oxygens (including phenoxy) is 1. The summed E-state index contributed by atoms with van der Waals surface area (Å²) in [5.74, 6) is -1.39. The summed E-state index contributed by atoms with van der Waals surface area (Å²) in [4.78, 5) is 20.1. The third-order valence-corrected chi connectivity index (χ3v) is 4.00. The Kier molecular flexibility index (Phi) is 10.00. The Balaban J connectivity index is 0.000000258. The molecule has 0 aromatic heterocycles. The van der Waals surface area contributed by atoms with Crippen LogP contribution in [-0.2, 0) is 14.3 Å². The first-order chi connectivity index (χ1) is 14.2. The second-order valence-corrected chi connectivity index (χ2v) is 6.72. The molecule has 0 saturated carbocycles. The van der Waals surface area contributed by atoms with Crippen LogP contribution >= 0.6 is 0 Å². The number of fused-ring (bicyclic) bond motifs is 2. The fourth-order valence-electron chi connectivity index (χ4n) is 2.38. The molecule has 0 atom stereocenters. The minimum Gasteiger partial charge on any atom is -0.478 e. The van der Waals surface area contributed by atoms with E-state index in [1.807, 2.05) is 0 Å². The number of esters is 1. The van der Waals surface area contributed by atoms with Crippen LogP contribution < -0.4 is 0 Å². The molecule has 0 aliphatic heterocycles. The molecule has 3 rings (SSSR count). The Bertz CT molecular complexity index is 1040. The van der Waals surface area contributed by atoms with Crippen LogP contribution in [0.2, 0.25) is 0 Å². The van der Waals surface area contributed by atoms with Crippen LogP contribution in [0, 0.1) is 6.92 Å². The molecule has 158 valence electrons. The fraction of sp³-hybridized carbons (Fsp3) is 0.200. The van der Waals surface area contributed by atoms with Crippen molar-refractivity contribution >= 4 is 33.5 Å². The molecule has 3 aromatic rings. The first-order valence-corrected chi connectivity index (χ1v) is 9.37. The van der Waals surface area contributed by atoms with E-state index in [9.17, 15) is 9.59 Å². The zero-order valence-electron chi connectivity index (χ0n) is 17.6. The molecule has 3 aromatic carbocycles. The highest BCUT2D eigenvalue weighted by Crippen LogP contribution is 2.24. The highest BCUT2D eigenvalue weighted by Gasteiger charge is 2.00. The lowest BCUT2D eigenvalue weighted by Gasteiger charge is -2.04. The monoisotopic (exact) mass is 408 g/mol. The number of carboxylic acid groups (broad SMARTS) is 1. The number of aliphatic hydroxyl groups is 1. The van der Waals surface area contributed by atoms with Crippen molar-refractivity contribution < 1.29 is 24.5 Å². The summed E-state index contributed by atoms with van der Waals surface area (Å²) in [5.41, 5.74) is 1.87. The highest BCUT2D eigenvalue weighted by atomic mass is 16.5. The smallest absolute Gasteiger partial charge is 0.333 e. The van der Waals surface area contributed by atoms with Gasteiger partial charge in [0.05, 0.1) is 6.61 Å². The molecule has 0 aliphatic rings. The van der Waals surface area contributed by atoms with Crippen molar-refractivity contribution in [1.82, 2.24) is 0 Å². The van der Waals surface area contributed by atoms with Gasteiger partial charge in [-0.25, -0.2) is 9.59 Å². The zero-order chi connectivity index (χ0) is 22.7. The van der Waals surface area contributed by atoms with Crippen LogP contribution in [0.4, 0.5) is 0 Å². The lowest BCUT2D eigenvalue weighted by atomic mass is 10.0. The number of benzene rings is 3. The molecule has 5 nitrogen and oxygen atoms in total. The number of hydrogen-bond donors (Lipinski definition) is 2. The predicted molar refractivity (Wildman–Crippen MR) is 121 cm³/mol. The number of aliphatic hydroxyl groups excluding tert-OH is 1. The van der Waals surface area contributed by atoms with Gasteiger partial charge in [0, 0.05) is 11.1 Å². The second-order valence-electron chi connectivity index (χ2n) is 6.72. The Hall–Kier alpha value is -3.44. The summed E-state index contributed by atoms with van der Waals surface area (Å²) in [7, 11) is 0. The minimum atomic E-state index is -0.935. The molecular formula is C25H28O5. The highest BCUT2D eigenvalue weighted by molar-refractivity contribution is 5.99. The first kappa shape index (κ1) is 24.6. The van der Waals surface area contributed by atoms with E-state index in [1.54, 1.807) is 6.92 Å². The average molecular weight is 408 g/mol. The van der Waals surface area contributed by atoms with Gasteiger partial charge >= 0.3 is 11.9 Å². The fourth-order valence-corrected chi connectivity index (χ4v) is 2.38. The molecule has 0 saturated heterocycles. The second kappa shape index (κ2) is 12.2. The van der Waals surface area contributed by atoms with Gasteiger partial charge in [0.2, 0.25) is 0 Å². The van der Waals surface area contributed by atoms with E-state index in [1.165, 1.54) is 34.0 Å². The van der Waals surface area contributed by atoms with Gasteiger partial charge in [0.25, 0.3) is 0 Å². The SMILES string of the molecule is C=C(C)C(=O)O.C=C(C)C(=O)OCCO.Cc1cccc2cc3ccccc3cc12. The third-order valence-electron chi connectivity index (χ3n) is 4.00. The van der Waals surface area contributed by atoms with Crippen LogP contribution in [0.1, 0.15) is 19.4 Å². The number of aryl methyl sites for hydroxylation is 1. The average Bonchev–Trinajstić information content (AvgIpc) is 2.72. The lowest BCUT2D eigenvalue weighted by Crippen LogP contribution is -2.08. The van der Waals surface area contributed by atoms with Gasteiger partial charge in [-0.05, 0) is 60.0 Å². The van der Waals surface area contributed by atoms with Crippen LogP contribution in [0.5, 0.6) is 0 Å². The van der Waals surface area contributed by atoms with Crippen molar-refractivity contribution in [3.8, 4) is 0 Å². The van der Waals surface area contributed by atoms with E-state index in [0.717, 1.165) is 0 Å². The Morgan fingerprint density at radius 2 is 1.43 bits per heavy atom. The summed E-state index contributed by atoms with van der Waals surface area (Å²) in [6, 6.07) is 19.5. The topological polar surface area (TPSA) is 83.8 Å². The maximum Gasteiger partial charge on any atom is 0.333 e. The molecule has 0 unspecified atom stereocenters. The number of carbonyl (C=O) groups is 2. The number of carboxylic acids is 1. The van der Waals surface area contributed by atoms with E-state index in [2.05, 4.69) is 79.4 Å². The Morgan fingerprint density at radius 3 is 1.93 bits per heavy atom. The van der Waals surface area contributed by atoms with Crippen LogP contribution in [0.3, 0.4) is 0 Å². The van der Waals surface area contributed by atoms with E-state index >= 15 is 0 Å². The van der Waals surface area contributed by atoms with Crippen molar-refractivity contribution in [2.45, 2.75) is 20.8 Å². The molecule has 0 amide bonds. The maximum absolute atomic E-state index is 10.5. The largest absolute Gasteiger partial charge is 0.478 e. The Morgan fingerprint density at radius 1 is 0.900 bits per heavy atom. The van der Waals surface area contributed by atoms with E-state index in [4.69, 9.17) is 10.2 Å². The number of aliphatic carboxylic acids is 1. The first-order valence-electron chi connectivity index (χ1n) is 9.37. The summed E-state index contributed by atoms with van der Waals surface area (Å²) < 4.78 is 4.46. The van der Waals surface area contributed by atoms with Gasteiger partial charge in [-0.1, -0.05) is 55.6 Å². The van der Waals surface area contributed by atoms with Crippen LogP contribution in [0.25, 0.3) is 21.5 Å². The van der Waals surface area contributed by atoms with Crippen molar-refractivity contribution in [2.24, 2.45) is 0 Å². The van der Waals surface area contributed by atoms with Crippen molar-refractivity contribution in [3.05, 3.63) is 84.5 Å². The molecule has 0 spiro atoms. The normalized spacial score (nSPS) is 9.60. The van der Waals surface area contributed by atoms with Gasteiger partial charge < -0.3 is 14.9 Å². The minimum absolute atomic E-state index is 0.0473. The predicted octanol–water partition coefficient (Wildman–Crippen LogP) is 5.05. The quantitative estimate of drug-likeness (QED) is 0.359. The van der Waals surface area contributed by atoms with Crippen molar-refractivity contribution in [1.29, 1.82) is 0 Å². The molecular weight excluding hydrogens is 380 g/mol. The van der Waals surface area contributed by atoms with Crippen LogP contribution in [-0.4, -0.2) is 35.4 Å². The molecule has 0 radical (unpaired) electrons. The van der Waals surface area contributed by atoms with Crippen LogP contribution in [0.15, 0.2) is 78.9 Å². The van der Waals surface area contributed by atoms with Crippen molar-refractivity contribution in [3.63, 3.8) is 0 Å². The summed E-state index contributed by atoms with van der Waals surface area (Å²) in [6.45, 7) is 11.6. The number of hydrogen-bond acceptors (Lipinski definition) is 4. The van der Waals surface area contributed by atoms with E-state index in [0.29, 0.717) is 5.57 Å². The molecule has 0 heterocycles. The standard InChI is InChI=1S/C15H12.C6H10O3.C4H6O2/c1-11-5-4-8-14-9-12-6-2-3-7-13(12)10-15(11)14;1-5(2)6(8)9-4-3-7;1-3(2)4(5)6/h2-10H,1H3;7H,1,3-4H2,2H3;1H2,2H3,(H,5,6). The number of carbonyl (C=O) groups excluding carboxylic acids is 1. The van der Waals surface area contributed by atoms with Crippen molar-refractivity contribution in [2.75, 3.05) is 13.2 Å². The van der Waals surface area contributed by atoms with Gasteiger partial charge in [0.15, 0.2) is 0 Å². The molecule has 5 heteroatoms. The summed E-state index contributed by atoms with van der Waals surface area (Å²) in [6.07, 6.45) is 0. The summed E-state index contributed by atoms with van der Waals surface area (Å²) >= 11 is 0. The lowest BCUT2D eigenvalue weighted by molar-refractivity contribution is -0.140. The molecule has 0 fully saturated rings. The van der Waals surface area contributed by atoms with E-state index < -0.39 is 11.9 Å². The van der Waals surface area contributed by atoms with E-state index in [-0.39, 0.29) is 18.8 Å². The molecule has 0 aliphatic carbocycles. The third kappa shape index (κ3) is 7.89.